The highest BCUT2D eigenvalue weighted by atomic mass is 24.5. The first-order chi connectivity index (χ1) is 6.65. The monoisotopic (exact) mass is 200 g/mol. The average molecular weight is 201 g/mol. The summed E-state index contributed by atoms with van der Waals surface area (Å²) in [7, 11) is 0. The predicted octanol–water partition coefficient (Wildman–Crippen LogP) is 3.16. The van der Waals surface area contributed by atoms with Crippen LogP contribution in [0.25, 0.3) is 0 Å². The predicted molar refractivity (Wildman–Crippen MR) is 65.8 cm³/mol. The van der Waals surface area contributed by atoms with E-state index in [4.69, 9.17) is 0 Å². The number of benzene rings is 1. The van der Waals surface area contributed by atoms with Gasteiger partial charge in [-0.3, -0.25) is 0 Å². The third-order valence-corrected chi connectivity index (χ3v) is 5.34. The molecule has 0 aliphatic heterocycles. The van der Waals surface area contributed by atoms with E-state index in [2.05, 4.69) is 39.8 Å². The Morgan fingerprint density at radius 3 is 2.14 bits per heavy atom. The quantitative estimate of drug-likeness (QED) is 0.517. The van der Waals surface area contributed by atoms with Gasteiger partial charge in [-0.1, -0.05) is 48.6 Å². The smallest absolute Gasteiger partial charge is 0.168 e. The highest BCUT2D eigenvalue weighted by Gasteiger charge is 2.05. The van der Waals surface area contributed by atoms with Gasteiger partial charge in [0.2, 0.25) is 0 Å². The van der Waals surface area contributed by atoms with Crippen LogP contribution in [0.3, 0.4) is 0 Å². The largest absolute Gasteiger partial charge is 0.409 e. The van der Waals surface area contributed by atoms with Gasteiger partial charge in [-0.25, -0.2) is 0 Å². The topological polar surface area (TPSA) is 0 Å². The second kappa shape index (κ2) is 5.77. The molecule has 0 bridgehead atoms. The fraction of sp³-hybridized carbons (Fsp3) is 0.538. The average Bonchev–Trinajstić information content (AvgIpc) is 2.09. The summed E-state index contributed by atoms with van der Waals surface area (Å²) in [5.41, 5.74) is 4.48. The van der Waals surface area contributed by atoms with Crippen LogP contribution in [0.15, 0.2) is 12.1 Å². The van der Waals surface area contributed by atoms with Crippen LogP contribution in [-0.2, 0) is 0 Å². The van der Waals surface area contributed by atoms with Crippen LogP contribution >= 0.6 is 0 Å². The number of aryl methyl sites for hydroxylation is 3. The maximum absolute atomic E-state index is 2.33. The number of unbranched alkanes of at least 4 members (excludes halogenated alkanes) is 1. The molecule has 0 saturated carbocycles. The summed E-state index contributed by atoms with van der Waals surface area (Å²) in [6, 6.07) is 4.67. The number of rotatable bonds is 4. The molecule has 0 aromatic heterocycles. The zero-order valence-corrected chi connectivity index (χ0v) is 11.4. The van der Waals surface area contributed by atoms with Crippen molar-refractivity contribution in [3.8, 4) is 0 Å². The van der Waals surface area contributed by atoms with Gasteiger partial charge in [0, 0.05) is 0 Å². The molecule has 0 radical (unpaired) electrons. The lowest BCUT2D eigenvalue weighted by atomic mass is 10.1. The highest BCUT2D eigenvalue weighted by Crippen LogP contribution is 2.06. The van der Waals surface area contributed by atoms with Crippen LogP contribution < -0.4 is 3.69 Å². The summed E-state index contributed by atoms with van der Waals surface area (Å²) in [5.74, 6) is 0. The lowest BCUT2D eigenvalue weighted by Crippen LogP contribution is -2.20. The van der Waals surface area contributed by atoms with Crippen molar-refractivity contribution < 1.29 is 0 Å². The molecule has 1 rings (SSSR count). The standard InChI is InChI=1S/C9H11.C4H9.Mg/c1-7-4-8(2)6-9(3)5-7;1-3-4-2;/h4-5H,1-3H3;1,3-4H2,2H3;. The van der Waals surface area contributed by atoms with E-state index in [0.29, 0.717) is 0 Å². The van der Waals surface area contributed by atoms with Crippen molar-refractivity contribution in [2.24, 2.45) is 0 Å². The first-order valence-electron chi connectivity index (χ1n) is 5.72. The van der Waals surface area contributed by atoms with E-state index in [0.717, 1.165) is 0 Å². The van der Waals surface area contributed by atoms with Crippen molar-refractivity contribution in [1.29, 1.82) is 0 Å². The van der Waals surface area contributed by atoms with Gasteiger partial charge in [0.05, 0.1) is 0 Å². The minimum absolute atomic E-state index is 0.00373. The van der Waals surface area contributed by atoms with Crippen molar-refractivity contribution in [2.45, 2.75) is 45.1 Å². The molecule has 1 heteroatoms. The van der Waals surface area contributed by atoms with E-state index < -0.39 is 0 Å². The summed E-state index contributed by atoms with van der Waals surface area (Å²) >= 11 is 0.00373. The minimum Gasteiger partial charge on any atom is -0.168 e. The van der Waals surface area contributed by atoms with Gasteiger partial charge in [-0.2, -0.15) is 3.69 Å². The molecule has 1 aromatic carbocycles. The van der Waals surface area contributed by atoms with E-state index in [9.17, 15) is 0 Å². The van der Waals surface area contributed by atoms with Crippen molar-refractivity contribution >= 4 is 24.1 Å². The Kier molecular flexibility index (Phi) is 4.97. The third-order valence-electron chi connectivity index (χ3n) is 2.87. The Morgan fingerprint density at radius 2 is 1.64 bits per heavy atom. The van der Waals surface area contributed by atoms with Crippen molar-refractivity contribution in [1.82, 2.24) is 0 Å². The lowest BCUT2D eigenvalue weighted by Gasteiger charge is -2.10. The maximum Gasteiger partial charge on any atom is 0.409 e. The normalized spacial score (nSPS) is 10.0. The van der Waals surface area contributed by atoms with Crippen LogP contribution in [-0.4, -0.2) is 20.4 Å². The molecule has 0 amide bonds. The molecule has 1 aromatic rings. The Hall–Kier alpha value is -0.0138. The van der Waals surface area contributed by atoms with Crippen molar-refractivity contribution in [3.05, 3.63) is 28.8 Å². The number of hydrogen-bond acceptors (Lipinski definition) is 0. The Bertz CT molecular complexity index is 279. The molecule has 0 spiro atoms. The van der Waals surface area contributed by atoms with Crippen molar-refractivity contribution in [3.63, 3.8) is 0 Å². The van der Waals surface area contributed by atoms with Crippen LogP contribution in [0.5, 0.6) is 0 Å². The van der Waals surface area contributed by atoms with Gasteiger partial charge in [0.1, 0.15) is 0 Å². The Morgan fingerprint density at radius 1 is 1.07 bits per heavy atom. The van der Waals surface area contributed by atoms with E-state index in [1.807, 2.05) is 0 Å². The van der Waals surface area contributed by atoms with Gasteiger partial charge >= 0.3 is 20.4 Å². The molecule has 0 N–H and O–H groups in total. The van der Waals surface area contributed by atoms with Gasteiger partial charge in [-0.15, -0.1) is 4.55 Å². The van der Waals surface area contributed by atoms with E-state index in [-0.39, 0.29) is 20.4 Å². The van der Waals surface area contributed by atoms with Crippen LogP contribution in [0.1, 0.15) is 36.5 Å². The van der Waals surface area contributed by atoms with E-state index in [1.165, 1.54) is 34.1 Å². The molecule has 0 fully saturated rings. The lowest BCUT2D eigenvalue weighted by molar-refractivity contribution is 0.881. The zero-order chi connectivity index (χ0) is 10.6. The molecular weight excluding hydrogens is 180 g/mol. The summed E-state index contributed by atoms with van der Waals surface area (Å²) in [5, 5.41) is 0. The minimum atomic E-state index is 0.00373. The van der Waals surface area contributed by atoms with Crippen LogP contribution in [0.2, 0.25) is 4.55 Å². The van der Waals surface area contributed by atoms with Gasteiger partial charge in [-0.05, 0) is 20.8 Å². The molecular formula is C13H20Mg. The van der Waals surface area contributed by atoms with Crippen molar-refractivity contribution in [2.75, 3.05) is 0 Å². The molecule has 0 saturated heterocycles. The molecule has 14 heavy (non-hydrogen) atoms. The molecule has 74 valence electrons. The van der Waals surface area contributed by atoms with Crippen LogP contribution in [0, 0.1) is 20.8 Å². The first kappa shape index (κ1) is 12.1. The summed E-state index contributed by atoms with van der Waals surface area (Å²) < 4.78 is 3.19. The van der Waals surface area contributed by atoms with Gasteiger partial charge in [0.15, 0.2) is 0 Å². The summed E-state index contributed by atoms with van der Waals surface area (Å²) in [6.07, 6.45) is 2.76. The number of hydrogen-bond donors (Lipinski definition) is 0. The fourth-order valence-corrected chi connectivity index (χ4v) is 4.25. The molecule has 0 unspecified atom stereocenters. The highest BCUT2D eigenvalue weighted by molar-refractivity contribution is 6.54. The molecule has 0 aliphatic rings. The third kappa shape index (κ3) is 3.28. The SMILES string of the molecule is CCC[CH2][Mg][c]1c(C)cc(C)cc1C. The second-order valence-electron chi connectivity index (χ2n) is 4.33. The molecule has 0 atom stereocenters. The van der Waals surface area contributed by atoms with E-state index in [1.54, 1.807) is 3.69 Å². The van der Waals surface area contributed by atoms with Gasteiger partial charge < -0.3 is 0 Å². The summed E-state index contributed by atoms with van der Waals surface area (Å²) in [6.45, 7) is 9.02. The zero-order valence-electron chi connectivity index (χ0n) is 9.98. The molecule has 0 heterocycles. The fourth-order valence-electron chi connectivity index (χ4n) is 2.16. The second-order valence-corrected chi connectivity index (χ2v) is 6.25. The Balaban J connectivity index is 2.75. The van der Waals surface area contributed by atoms with E-state index >= 15 is 0 Å². The Labute approximate surface area is 97.8 Å². The molecule has 0 nitrogen and oxygen atoms in total. The van der Waals surface area contributed by atoms with Crippen LogP contribution in [0.4, 0.5) is 0 Å². The molecule has 0 aliphatic carbocycles. The maximum atomic E-state index is 2.33. The first-order valence-corrected chi connectivity index (χ1v) is 7.42. The van der Waals surface area contributed by atoms with Gasteiger partial charge in [0.25, 0.3) is 0 Å². The summed E-state index contributed by atoms with van der Waals surface area (Å²) in [4.78, 5) is 0.